The summed E-state index contributed by atoms with van der Waals surface area (Å²) in [6, 6.07) is 6.56. The predicted molar refractivity (Wildman–Crippen MR) is 165 cm³/mol. The van der Waals surface area contributed by atoms with Crippen molar-refractivity contribution < 1.29 is 0 Å². The number of thioether (sulfide) groups is 2. The van der Waals surface area contributed by atoms with Crippen molar-refractivity contribution in [2.75, 3.05) is 24.9 Å². The van der Waals surface area contributed by atoms with Gasteiger partial charge in [-0.05, 0) is 35.5 Å². The number of aromatic nitrogens is 6. The van der Waals surface area contributed by atoms with Gasteiger partial charge in [-0.25, -0.2) is 19.9 Å². The number of hydrogen-bond acceptors (Lipinski definition) is 9. The van der Waals surface area contributed by atoms with E-state index >= 15 is 0 Å². The number of fused-ring (bicyclic) bond motifs is 2. The summed E-state index contributed by atoms with van der Waals surface area (Å²) in [7, 11) is 1.82. The van der Waals surface area contributed by atoms with Crippen LogP contribution in [0.25, 0.3) is 22.1 Å². The second kappa shape index (κ2) is 12.3. The molecule has 9 nitrogen and oxygen atoms in total. The minimum absolute atomic E-state index is 0.00237. The van der Waals surface area contributed by atoms with Gasteiger partial charge in [-0.15, -0.1) is 0 Å². The first kappa shape index (κ1) is 30.9. The van der Waals surface area contributed by atoms with Crippen LogP contribution in [0.4, 0.5) is 5.82 Å². The SMILES string of the molecule is CNc1nc(SC)nc2c1ccc(=O)n2CC(C)(C)C.CSc1nc(Cl)c2ccc(=O)n(CC(C)(C)C)c2n1. The maximum Gasteiger partial charge on any atom is 0.252 e. The first-order valence-corrected chi connectivity index (χ1v) is 15.2. The summed E-state index contributed by atoms with van der Waals surface area (Å²) in [5, 5.41) is 6.28. The molecule has 4 rings (SSSR count). The average Bonchev–Trinajstić information content (AvgIpc) is 2.85. The highest BCUT2D eigenvalue weighted by atomic mass is 35.5. The van der Waals surface area contributed by atoms with Crippen molar-refractivity contribution in [2.24, 2.45) is 10.8 Å². The van der Waals surface area contributed by atoms with Crippen molar-refractivity contribution in [3.63, 3.8) is 0 Å². The molecule has 0 aromatic carbocycles. The number of hydrogen-bond donors (Lipinski definition) is 1. The Morgan fingerprint density at radius 2 is 1.18 bits per heavy atom. The van der Waals surface area contributed by atoms with Gasteiger partial charge in [0, 0.05) is 32.3 Å². The third-order valence-corrected chi connectivity index (χ3v) is 6.84. The normalized spacial score (nSPS) is 11.9. The zero-order valence-corrected chi connectivity index (χ0v) is 26.3. The van der Waals surface area contributed by atoms with E-state index in [-0.39, 0.29) is 21.9 Å². The van der Waals surface area contributed by atoms with Crippen LogP contribution in [0, 0.1) is 10.8 Å². The molecule has 0 amide bonds. The molecule has 1 N–H and O–H groups in total. The van der Waals surface area contributed by atoms with Gasteiger partial charge >= 0.3 is 0 Å². The van der Waals surface area contributed by atoms with Crippen LogP contribution in [0.2, 0.25) is 5.15 Å². The summed E-state index contributed by atoms with van der Waals surface area (Å²) in [4.78, 5) is 41.8. The third-order valence-electron chi connectivity index (χ3n) is 5.46. The molecule has 210 valence electrons. The van der Waals surface area contributed by atoms with Gasteiger partial charge in [0.1, 0.15) is 22.3 Å². The summed E-state index contributed by atoms with van der Waals surface area (Å²) in [5.41, 5.74) is 1.18. The van der Waals surface area contributed by atoms with Crippen molar-refractivity contribution >= 4 is 63.0 Å². The van der Waals surface area contributed by atoms with E-state index in [0.29, 0.717) is 45.2 Å². The maximum atomic E-state index is 12.2. The van der Waals surface area contributed by atoms with Gasteiger partial charge in [-0.3, -0.25) is 18.7 Å². The molecule has 4 heterocycles. The number of nitrogens with zero attached hydrogens (tertiary/aromatic N) is 6. The smallest absolute Gasteiger partial charge is 0.252 e. The standard InChI is InChI=1S/C14H20N4OS.C13H16ClN3OS/c1-14(2,3)8-18-10(19)7-6-9-11(15-4)16-13(20-5)17-12(9)18;1-13(2,3)7-17-9(18)6-5-8-10(14)15-12(19-4)16-11(8)17/h6-7H,8H2,1-5H3,(H,15,16,17);5-6H,7H2,1-4H3. The minimum Gasteiger partial charge on any atom is -0.372 e. The lowest BCUT2D eigenvalue weighted by atomic mass is 9.96. The molecule has 0 radical (unpaired) electrons. The van der Waals surface area contributed by atoms with Crippen LogP contribution in [-0.2, 0) is 13.1 Å². The van der Waals surface area contributed by atoms with Crippen LogP contribution in [0.15, 0.2) is 44.2 Å². The van der Waals surface area contributed by atoms with Gasteiger partial charge in [0.2, 0.25) is 0 Å². The van der Waals surface area contributed by atoms with Crippen LogP contribution in [0.5, 0.6) is 0 Å². The number of halogens is 1. The van der Waals surface area contributed by atoms with Gasteiger partial charge < -0.3 is 5.32 Å². The predicted octanol–water partition coefficient (Wildman–Crippen LogP) is 5.81. The molecule has 0 saturated heterocycles. The van der Waals surface area contributed by atoms with E-state index in [4.69, 9.17) is 11.6 Å². The van der Waals surface area contributed by atoms with Gasteiger partial charge in [-0.2, -0.15) is 0 Å². The van der Waals surface area contributed by atoms with E-state index in [1.165, 1.54) is 29.6 Å². The quantitative estimate of drug-likeness (QED) is 0.175. The molecule has 0 saturated carbocycles. The van der Waals surface area contributed by atoms with Crippen LogP contribution in [0.3, 0.4) is 0 Å². The first-order valence-electron chi connectivity index (χ1n) is 12.4. The topological polar surface area (TPSA) is 108 Å². The summed E-state index contributed by atoms with van der Waals surface area (Å²) in [6.07, 6.45) is 3.81. The molecular weight excluding hydrogens is 554 g/mol. The number of anilines is 1. The Morgan fingerprint density at radius 3 is 1.62 bits per heavy atom. The third kappa shape index (κ3) is 7.73. The zero-order chi connectivity index (χ0) is 29.1. The second-order valence-electron chi connectivity index (χ2n) is 11.4. The van der Waals surface area contributed by atoms with E-state index in [1.54, 1.807) is 27.3 Å². The molecule has 0 aliphatic carbocycles. The largest absolute Gasteiger partial charge is 0.372 e. The van der Waals surface area contributed by atoms with Crippen molar-refractivity contribution in [3.8, 4) is 0 Å². The molecule has 0 aliphatic heterocycles. The molecule has 0 spiro atoms. The Hall–Kier alpha value is -2.63. The Kier molecular flexibility index (Phi) is 9.72. The molecule has 0 bridgehead atoms. The van der Waals surface area contributed by atoms with Crippen LogP contribution in [0.1, 0.15) is 41.5 Å². The van der Waals surface area contributed by atoms with Gasteiger partial charge in [0.05, 0.1) is 10.8 Å². The summed E-state index contributed by atoms with van der Waals surface area (Å²) < 4.78 is 3.40. The zero-order valence-electron chi connectivity index (χ0n) is 23.9. The highest BCUT2D eigenvalue weighted by molar-refractivity contribution is 7.98. The van der Waals surface area contributed by atoms with Crippen molar-refractivity contribution in [3.05, 3.63) is 50.1 Å². The maximum absolute atomic E-state index is 12.2. The number of nitrogens with one attached hydrogen (secondary N) is 1. The summed E-state index contributed by atoms with van der Waals surface area (Å²) in [5.74, 6) is 0.752. The van der Waals surface area contributed by atoms with Gasteiger partial charge in [0.25, 0.3) is 11.1 Å². The fourth-order valence-corrected chi connectivity index (χ4v) is 4.88. The van der Waals surface area contributed by atoms with E-state index < -0.39 is 0 Å². The molecule has 0 unspecified atom stereocenters. The fraction of sp³-hybridized carbons (Fsp3) is 0.481. The lowest BCUT2D eigenvalue weighted by Gasteiger charge is -2.21. The van der Waals surface area contributed by atoms with Gasteiger partial charge in [0.15, 0.2) is 10.3 Å². The Balaban J connectivity index is 0.000000216. The first-order chi connectivity index (χ1) is 18.2. The Morgan fingerprint density at radius 1 is 0.744 bits per heavy atom. The van der Waals surface area contributed by atoms with Crippen molar-refractivity contribution in [2.45, 2.75) is 64.9 Å². The van der Waals surface area contributed by atoms with E-state index in [2.05, 4.69) is 66.8 Å². The number of rotatable bonds is 5. The highest BCUT2D eigenvalue weighted by Gasteiger charge is 2.18. The number of pyridine rings is 2. The highest BCUT2D eigenvalue weighted by Crippen LogP contribution is 2.26. The van der Waals surface area contributed by atoms with Crippen molar-refractivity contribution in [1.82, 2.24) is 29.1 Å². The summed E-state index contributed by atoms with van der Waals surface area (Å²) >= 11 is 9.03. The van der Waals surface area contributed by atoms with Gasteiger partial charge in [-0.1, -0.05) is 76.7 Å². The molecular formula is C27H36ClN7O2S2. The minimum atomic E-state index is -0.0655. The van der Waals surface area contributed by atoms with Crippen LogP contribution < -0.4 is 16.4 Å². The molecule has 12 heteroatoms. The lowest BCUT2D eigenvalue weighted by molar-refractivity contribution is 0.343. The average molecular weight is 590 g/mol. The molecule has 4 aromatic rings. The van der Waals surface area contributed by atoms with E-state index in [0.717, 1.165) is 11.2 Å². The van der Waals surface area contributed by atoms with E-state index in [9.17, 15) is 9.59 Å². The Bertz CT molecular complexity index is 1610. The van der Waals surface area contributed by atoms with Crippen molar-refractivity contribution in [1.29, 1.82) is 0 Å². The van der Waals surface area contributed by atoms with E-state index in [1.807, 2.05) is 19.6 Å². The fourth-order valence-electron chi connectivity index (χ4n) is 3.88. The van der Waals surface area contributed by atoms with Crippen LogP contribution >= 0.6 is 35.1 Å². The summed E-state index contributed by atoms with van der Waals surface area (Å²) in [6.45, 7) is 13.8. The Labute approximate surface area is 242 Å². The molecule has 4 aromatic heterocycles. The monoisotopic (exact) mass is 589 g/mol. The molecule has 0 aliphatic rings. The van der Waals surface area contributed by atoms with Crippen LogP contribution in [-0.4, -0.2) is 48.6 Å². The molecule has 39 heavy (non-hydrogen) atoms. The lowest BCUT2D eigenvalue weighted by Crippen LogP contribution is -2.27. The molecule has 0 atom stereocenters. The molecule has 0 fully saturated rings. The second-order valence-corrected chi connectivity index (χ2v) is 13.3.